The number of nitrogens with zero attached hydrogens (tertiary/aromatic N) is 1. The Hall–Kier alpha value is -2.34. The fourth-order valence-corrected chi connectivity index (χ4v) is 2.62. The average Bonchev–Trinajstić information content (AvgIpc) is 2.58. The van der Waals surface area contributed by atoms with Crippen molar-refractivity contribution < 1.29 is 9.59 Å². The van der Waals surface area contributed by atoms with E-state index in [1.165, 1.54) is 0 Å². The van der Waals surface area contributed by atoms with Gasteiger partial charge >= 0.3 is 0 Å². The highest BCUT2D eigenvalue weighted by molar-refractivity contribution is 9.10. The van der Waals surface area contributed by atoms with Crippen molar-refractivity contribution in [2.45, 2.75) is 12.8 Å². The third-order valence-electron chi connectivity index (χ3n) is 3.64. The van der Waals surface area contributed by atoms with Crippen LogP contribution in [0.2, 0.25) is 0 Å². The second-order valence-corrected chi connectivity index (χ2v) is 6.81. The summed E-state index contributed by atoms with van der Waals surface area (Å²) >= 11 is 3.37. The maximum Gasteiger partial charge on any atom is 0.243 e. The van der Waals surface area contributed by atoms with Crippen molar-refractivity contribution in [3.05, 3.63) is 58.6 Å². The standard InChI is InChI=1S/C19H22BrN3O2/c1-23(2)19(25)11-8-14-6-9-16(10-7-14)21-13-18(24)22-17-5-3-4-15(20)12-17/h3-7,9-10,12,21H,8,11,13H2,1-2H3,(H,22,24). The van der Waals surface area contributed by atoms with E-state index in [1.54, 1.807) is 19.0 Å². The predicted molar refractivity (Wildman–Crippen MR) is 105 cm³/mol. The zero-order valence-electron chi connectivity index (χ0n) is 14.4. The maximum absolute atomic E-state index is 12.0. The number of halogens is 1. The first-order chi connectivity index (χ1) is 11.9. The van der Waals surface area contributed by atoms with E-state index in [9.17, 15) is 9.59 Å². The number of carbonyl (C=O) groups is 2. The van der Waals surface area contributed by atoms with Crippen LogP contribution >= 0.6 is 15.9 Å². The Labute approximate surface area is 156 Å². The Morgan fingerprint density at radius 2 is 1.76 bits per heavy atom. The van der Waals surface area contributed by atoms with E-state index >= 15 is 0 Å². The monoisotopic (exact) mass is 403 g/mol. The summed E-state index contributed by atoms with van der Waals surface area (Å²) in [5, 5.41) is 5.92. The highest BCUT2D eigenvalue weighted by Crippen LogP contribution is 2.16. The van der Waals surface area contributed by atoms with Crippen molar-refractivity contribution in [3.8, 4) is 0 Å². The molecule has 2 aromatic carbocycles. The average molecular weight is 404 g/mol. The zero-order chi connectivity index (χ0) is 18.2. The summed E-state index contributed by atoms with van der Waals surface area (Å²) < 4.78 is 0.918. The van der Waals surface area contributed by atoms with E-state index in [2.05, 4.69) is 26.6 Å². The van der Waals surface area contributed by atoms with Crippen LogP contribution in [-0.2, 0) is 16.0 Å². The van der Waals surface area contributed by atoms with Crippen molar-refractivity contribution in [3.63, 3.8) is 0 Å². The number of hydrogen-bond donors (Lipinski definition) is 2. The molecule has 0 atom stereocenters. The molecule has 0 spiro atoms. The number of nitrogens with one attached hydrogen (secondary N) is 2. The van der Waals surface area contributed by atoms with Crippen LogP contribution in [0.1, 0.15) is 12.0 Å². The van der Waals surface area contributed by atoms with E-state index in [0.717, 1.165) is 21.4 Å². The van der Waals surface area contributed by atoms with E-state index in [0.29, 0.717) is 12.8 Å². The molecule has 2 amide bonds. The molecule has 0 unspecified atom stereocenters. The van der Waals surface area contributed by atoms with Crippen LogP contribution in [0.25, 0.3) is 0 Å². The van der Waals surface area contributed by atoms with Crippen molar-refractivity contribution in [1.29, 1.82) is 0 Å². The molecule has 6 heteroatoms. The zero-order valence-corrected chi connectivity index (χ0v) is 16.0. The Morgan fingerprint density at radius 1 is 1.04 bits per heavy atom. The Morgan fingerprint density at radius 3 is 2.40 bits per heavy atom. The van der Waals surface area contributed by atoms with Gasteiger partial charge in [-0.25, -0.2) is 0 Å². The summed E-state index contributed by atoms with van der Waals surface area (Å²) in [7, 11) is 3.52. The van der Waals surface area contributed by atoms with Gasteiger partial charge in [-0.3, -0.25) is 9.59 Å². The fraction of sp³-hybridized carbons (Fsp3) is 0.263. The minimum Gasteiger partial charge on any atom is -0.376 e. The number of amides is 2. The number of aryl methyl sites for hydroxylation is 1. The molecule has 2 aromatic rings. The topological polar surface area (TPSA) is 61.4 Å². The Kier molecular flexibility index (Phi) is 7.01. The molecule has 0 aliphatic carbocycles. The summed E-state index contributed by atoms with van der Waals surface area (Å²) in [6, 6.07) is 15.2. The van der Waals surface area contributed by atoms with Crippen LogP contribution in [0.4, 0.5) is 11.4 Å². The lowest BCUT2D eigenvalue weighted by atomic mass is 10.1. The third-order valence-corrected chi connectivity index (χ3v) is 4.13. The van der Waals surface area contributed by atoms with Crippen molar-refractivity contribution in [2.24, 2.45) is 0 Å². The molecule has 0 radical (unpaired) electrons. The first kappa shape index (κ1) is 19.0. The van der Waals surface area contributed by atoms with Crippen molar-refractivity contribution >= 4 is 39.1 Å². The molecule has 2 rings (SSSR count). The normalized spacial score (nSPS) is 10.2. The molecule has 0 saturated heterocycles. The smallest absolute Gasteiger partial charge is 0.243 e. The fourth-order valence-electron chi connectivity index (χ4n) is 2.22. The summed E-state index contributed by atoms with van der Waals surface area (Å²) in [4.78, 5) is 25.2. The van der Waals surface area contributed by atoms with Gasteiger partial charge in [-0.15, -0.1) is 0 Å². The van der Waals surface area contributed by atoms with E-state index in [-0.39, 0.29) is 18.4 Å². The lowest BCUT2D eigenvalue weighted by molar-refractivity contribution is -0.128. The molecule has 2 N–H and O–H groups in total. The van der Waals surface area contributed by atoms with Gasteiger partial charge in [0.05, 0.1) is 6.54 Å². The van der Waals surface area contributed by atoms with Crippen LogP contribution in [0.15, 0.2) is 53.0 Å². The van der Waals surface area contributed by atoms with Gasteiger partial charge in [-0.2, -0.15) is 0 Å². The molecule has 0 saturated carbocycles. The summed E-state index contributed by atoms with van der Waals surface area (Å²) in [6.07, 6.45) is 1.20. The summed E-state index contributed by atoms with van der Waals surface area (Å²) in [6.45, 7) is 0.185. The van der Waals surface area contributed by atoms with Crippen LogP contribution in [0, 0.1) is 0 Å². The molecule has 0 aromatic heterocycles. The minimum atomic E-state index is -0.112. The van der Waals surface area contributed by atoms with Gasteiger partial charge in [0.15, 0.2) is 0 Å². The van der Waals surface area contributed by atoms with Crippen LogP contribution in [0.5, 0.6) is 0 Å². The number of rotatable bonds is 7. The van der Waals surface area contributed by atoms with Gasteiger partial charge in [0.25, 0.3) is 0 Å². The van der Waals surface area contributed by atoms with Crippen molar-refractivity contribution in [2.75, 3.05) is 31.3 Å². The van der Waals surface area contributed by atoms with Gasteiger partial charge in [0, 0.05) is 36.4 Å². The molecular weight excluding hydrogens is 382 g/mol. The highest BCUT2D eigenvalue weighted by atomic mass is 79.9. The molecule has 25 heavy (non-hydrogen) atoms. The van der Waals surface area contributed by atoms with Gasteiger partial charge in [0.1, 0.15) is 0 Å². The predicted octanol–water partition coefficient (Wildman–Crippen LogP) is 3.52. The quantitative estimate of drug-likeness (QED) is 0.743. The minimum absolute atomic E-state index is 0.112. The highest BCUT2D eigenvalue weighted by Gasteiger charge is 2.05. The third kappa shape index (κ3) is 6.58. The molecule has 0 heterocycles. The first-order valence-electron chi connectivity index (χ1n) is 8.02. The van der Waals surface area contributed by atoms with Gasteiger partial charge in [-0.05, 0) is 42.3 Å². The van der Waals surface area contributed by atoms with E-state index < -0.39 is 0 Å². The molecule has 0 bridgehead atoms. The van der Waals surface area contributed by atoms with Gasteiger partial charge in [0.2, 0.25) is 11.8 Å². The Bertz CT molecular complexity index is 730. The van der Waals surface area contributed by atoms with E-state index in [4.69, 9.17) is 0 Å². The second kappa shape index (κ2) is 9.22. The lowest BCUT2D eigenvalue weighted by Crippen LogP contribution is -2.22. The SMILES string of the molecule is CN(C)C(=O)CCc1ccc(NCC(=O)Nc2cccc(Br)c2)cc1. The summed E-state index contributed by atoms with van der Waals surface area (Å²) in [5.74, 6) is 0.00479. The van der Waals surface area contributed by atoms with Gasteiger partial charge < -0.3 is 15.5 Å². The van der Waals surface area contributed by atoms with Crippen LogP contribution < -0.4 is 10.6 Å². The number of carbonyl (C=O) groups excluding carboxylic acids is 2. The largest absolute Gasteiger partial charge is 0.376 e. The molecule has 0 aliphatic heterocycles. The summed E-state index contributed by atoms with van der Waals surface area (Å²) in [5.41, 5.74) is 2.72. The maximum atomic E-state index is 12.0. The Balaban J connectivity index is 1.79. The van der Waals surface area contributed by atoms with Crippen LogP contribution in [-0.4, -0.2) is 37.4 Å². The number of anilines is 2. The lowest BCUT2D eigenvalue weighted by Gasteiger charge is -2.11. The number of hydrogen-bond acceptors (Lipinski definition) is 3. The van der Waals surface area contributed by atoms with Crippen molar-refractivity contribution in [1.82, 2.24) is 4.90 Å². The number of benzene rings is 2. The van der Waals surface area contributed by atoms with Gasteiger partial charge in [-0.1, -0.05) is 34.1 Å². The molecule has 132 valence electrons. The second-order valence-electron chi connectivity index (χ2n) is 5.90. The molecular formula is C19H22BrN3O2. The van der Waals surface area contributed by atoms with Crippen LogP contribution in [0.3, 0.4) is 0 Å². The molecule has 0 fully saturated rings. The van der Waals surface area contributed by atoms with E-state index in [1.807, 2.05) is 48.5 Å². The molecule has 0 aliphatic rings. The molecule has 5 nitrogen and oxygen atoms in total. The first-order valence-corrected chi connectivity index (χ1v) is 8.82.